The molecular weight excluding hydrogens is 310 g/mol. The zero-order valence-electron chi connectivity index (χ0n) is 10.6. The van der Waals surface area contributed by atoms with Gasteiger partial charge < -0.3 is 10.4 Å². The average molecular weight is 317 g/mol. The number of alkyl halides is 3. The fourth-order valence-electron chi connectivity index (χ4n) is 1.58. The van der Waals surface area contributed by atoms with Crippen molar-refractivity contribution < 1.29 is 32.3 Å². The summed E-state index contributed by atoms with van der Waals surface area (Å²) < 4.78 is 50.6. The molecule has 2 aromatic rings. The fraction of sp³-hybridized carbons (Fsp3) is 0.0833. The van der Waals surface area contributed by atoms with Crippen LogP contribution in [-0.2, 0) is 4.79 Å². The molecule has 0 fully saturated rings. The van der Waals surface area contributed by atoms with Crippen molar-refractivity contribution in [1.82, 2.24) is 9.78 Å². The predicted molar refractivity (Wildman–Crippen MR) is 65.2 cm³/mol. The van der Waals surface area contributed by atoms with Crippen molar-refractivity contribution >= 4 is 17.7 Å². The van der Waals surface area contributed by atoms with E-state index in [4.69, 9.17) is 5.11 Å². The van der Waals surface area contributed by atoms with Gasteiger partial charge in [-0.05, 0) is 24.3 Å². The number of carboxylic acids is 1. The number of carboxylic acid groups (broad SMARTS) is 1. The Labute approximate surface area is 120 Å². The van der Waals surface area contributed by atoms with Gasteiger partial charge in [0.2, 0.25) is 0 Å². The first-order chi connectivity index (χ1) is 10.2. The van der Waals surface area contributed by atoms with E-state index in [1.807, 2.05) is 0 Å². The van der Waals surface area contributed by atoms with Gasteiger partial charge >= 0.3 is 18.1 Å². The molecule has 6 nitrogen and oxygen atoms in total. The van der Waals surface area contributed by atoms with Crippen LogP contribution in [0.1, 0.15) is 10.4 Å². The fourth-order valence-corrected chi connectivity index (χ4v) is 1.58. The van der Waals surface area contributed by atoms with Crippen molar-refractivity contribution in [3.05, 3.63) is 41.8 Å². The summed E-state index contributed by atoms with van der Waals surface area (Å²) in [4.78, 5) is 22.0. The van der Waals surface area contributed by atoms with Gasteiger partial charge in [0.15, 0.2) is 5.82 Å². The van der Waals surface area contributed by atoms with E-state index in [2.05, 4.69) is 5.10 Å². The number of benzene rings is 1. The molecule has 0 saturated heterocycles. The highest BCUT2D eigenvalue weighted by molar-refractivity contribution is 6.01. The molecule has 2 N–H and O–H groups in total. The number of hydrogen-bond acceptors (Lipinski definition) is 3. The molecule has 0 atom stereocenters. The van der Waals surface area contributed by atoms with Crippen LogP contribution in [0.5, 0.6) is 0 Å². The summed E-state index contributed by atoms with van der Waals surface area (Å²) in [5.74, 6) is -5.21. The van der Waals surface area contributed by atoms with E-state index in [1.165, 1.54) is 5.32 Å². The van der Waals surface area contributed by atoms with Crippen molar-refractivity contribution in [3.63, 3.8) is 0 Å². The highest BCUT2D eigenvalue weighted by atomic mass is 19.4. The van der Waals surface area contributed by atoms with Gasteiger partial charge in [0.1, 0.15) is 11.4 Å². The number of carbonyl (C=O) groups is 2. The Morgan fingerprint density at radius 3 is 2.27 bits per heavy atom. The Morgan fingerprint density at radius 2 is 1.77 bits per heavy atom. The number of halogens is 4. The topological polar surface area (TPSA) is 84.2 Å². The van der Waals surface area contributed by atoms with E-state index in [0.29, 0.717) is 0 Å². The minimum atomic E-state index is -5.20. The van der Waals surface area contributed by atoms with Crippen LogP contribution in [0.3, 0.4) is 0 Å². The number of aromatic carboxylic acids is 1. The SMILES string of the molecule is O=C(O)c1cnn(-c2ccc(F)cc2)c1NC(=O)C(F)(F)F. The molecule has 0 radical (unpaired) electrons. The Kier molecular flexibility index (Phi) is 3.85. The smallest absolute Gasteiger partial charge is 0.471 e. The standard InChI is InChI=1S/C12H7F4N3O3/c13-6-1-3-7(4-2-6)19-9(8(5-17-19)10(20)21)18-11(22)12(14,15)16/h1-5H,(H,18,22)(H,20,21). The Balaban J connectivity index is 2.49. The maximum absolute atomic E-state index is 12.9. The normalized spacial score (nSPS) is 11.3. The van der Waals surface area contributed by atoms with Gasteiger partial charge in [-0.25, -0.2) is 13.9 Å². The third-order valence-corrected chi connectivity index (χ3v) is 2.56. The Bertz CT molecular complexity index is 722. The maximum atomic E-state index is 12.9. The van der Waals surface area contributed by atoms with Crippen molar-refractivity contribution in [2.24, 2.45) is 0 Å². The van der Waals surface area contributed by atoms with Crippen molar-refractivity contribution in [2.45, 2.75) is 6.18 Å². The van der Waals surface area contributed by atoms with E-state index in [0.717, 1.165) is 35.1 Å². The zero-order chi connectivity index (χ0) is 16.5. The van der Waals surface area contributed by atoms with Gasteiger partial charge in [-0.1, -0.05) is 0 Å². The minimum Gasteiger partial charge on any atom is -0.477 e. The minimum absolute atomic E-state index is 0.0753. The molecule has 0 aliphatic rings. The lowest BCUT2D eigenvalue weighted by Crippen LogP contribution is -2.31. The zero-order valence-corrected chi connectivity index (χ0v) is 10.6. The summed E-state index contributed by atoms with van der Waals surface area (Å²) in [7, 11) is 0. The summed E-state index contributed by atoms with van der Waals surface area (Å²) >= 11 is 0. The van der Waals surface area contributed by atoms with Gasteiger partial charge in [-0.3, -0.25) is 4.79 Å². The number of aromatic nitrogens is 2. The first-order valence-electron chi connectivity index (χ1n) is 5.65. The summed E-state index contributed by atoms with van der Waals surface area (Å²) in [5, 5.41) is 14.0. The number of anilines is 1. The molecule has 0 unspecified atom stereocenters. The van der Waals surface area contributed by atoms with Gasteiger partial charge in [-0.15, -0.1) is 0 Å². The Hall–Kier alpha value is -2.91. The highest BCUT2D eigenvalue weighted by Gasteiger charge is 2.40. The summed E-state index contributed by atoms with van der Waals surface area (Å²) in [5.41, 5.74) is -0.562. The molecule has 116 valence electrons. The monoisotopic (exact) mass is 317 g/mol. The second-order valence-electron chi connectivity index (χ2n) is 4.05. The van der Waals surface area contributed by atoms with Crippen molar-refractivity contribution in [1.29, 1.82) is 0 Å². The van der Waals surface area contributed by atoms with E-state index in [9.17, 15) is 27.2 Å². The van der Waals surface area contributed by atoms with Crippen LogP contribution in [-0.4, -0.2) is 32.9 Å². The van der Waals surface area contributed by atoms with E-state index >= 15 is 0 Å². The molecular formula is C12H7F4N3O3. The quantitative estimate of drug-likeness (QED) is 0.850. The number of nitrogens with one attached hydrogen (secondary N) is 1. The number of rotatable bonds is 3. The van der Waals surface area contributed by atoms with Gasteiger partial charge in [-0.2, -0.15) is 18.3 Å². The predicted octanol–water partition coefficient (Wildman–Crippen LogP) is 2.21. The number of nitrogens with zero attached hydrogens (tertiary/aromatic N) is 2. The molecule has 2 rings (SSSR count). The van der Waals surface area contributed by atoms with Crippen LogP contribution in [0.2, 0.25) is 0 Å². The molecule has 1 heterocycles. The summed E-state index contributed by atoms with van der Waals surface area (Å²) in [6, 6.07) is 4.34. The van der Waals surface area contributed by atoms with Crippen molar-refractivity contribution in [3.8, 4) is 5.69 Å². The van der Waals surface area contributed by atoms with Gasteiger partial charge in [0.25, 0.3) is 0 Å². The van der Waals surface area contributed by atoms with Gasteiger partial charge in [0.05, 0.1) is 11.9 Å². The highest BCUT2D eigenvalue weighted by Crippen LogP contribution is 2.24. The van der Waals surface area contributed by atoms with Crippen LogP contribution in [0.25, 0.3) is 5.69 Å². The number of hydrogen-bond donors (Lipinski definition) is 2. The molecule has 10 heteroatoms. The largest absolute Gasteiger partial charge is 0.477 e. The third kappa shape index (κ3) is 3.05. The van der Waals surface area contributed by atoms with Gasteiger partial charge in [0, 0.05) is 0 Å². The summed E-state index contributed by atoms with van der Waals surface area (Å²) in [6.45, 7) is 0. The molecule has 0 aliphatic carbocycles. The van der Waals surface area contributed by atoms with E-state index < -0.39 is 35.3 Å². The molecule has 1 aromatic carbocycles. The lowest BCUT2D eigenvalue weighted by molar-refractivity contribution is -0.167. The molecule has 1 amide bonds. The number of amides is 1. The van der Waals surface area contributed by atoms with Crippen LogP contribution in [0.4, 0.5) is 23.4 Å². The molecule has 0 saturated carbocycles. The molecule has 1 aromatic heterocycles. The van der Waals surface area contributed by atoms with Crippen molar-refractivity contribution in [2.75, 3.05) is 5.32 Å². The molecule has 0 bridgehead atoms. The average Bonchev–Trinajstić information content (AvgIpc) is 2.82. The van der Waals surface area contributed by atoms with Crippen LogP contribution in [0, 0.1) is 5.82 Å². The lowest BCUT2D eigenvalue weighted by atomic mass is 10.3. The molecule has 22 heavy (non-hydrogen) atoms. The second kappa shape index (κ2) is 5.47. The Morgan fingerprint density at radius 1 is 1.18 bits per heavy atom. The van der Waals surface area contributed by atoms with Crippen LogP contribution >= 0.6 is 0 Å². The van der Waals surface area contributed by atoms with Crippen LogP contribution in [0.15, 0.2) is 30.5 Å². The molecule has 0 spiro atoms. The molecule has 0 aliphatic heterocycles. The van der Waals surface area contributed by atoms with E-state index in [-0.39, 0.29) is 5.69 Å². The maximum Gasteiger partial charge on any atom is 0.471 e. The lowest BCUT2D eigenvalue weighted by Gasteiger charge is -2.11. The number of carbonyl (C=O) groups excluding carboxylic acids is 1. The van der Waals surface area contributed by atoms with E-state index in [1.54, 1.807) is 0 Å². The second-order valence-corrected chi connectivity index (χ2v) is 4.05. The first kappa shape index (κ1) is 15.5. The summed E-state index contributed by atoms with van der Waals surface area (Å²) in [6.07, 6.45) is -4.43. The first-order valence-corrected chi connectivity index (χ1v) is 5.65. The van der Waals surface area contributed by atoms with Crippen LogP contribution < -0.4 is 5.32 Å². The third-order valence-electron chi connectivity index (χ3n) is 2.56.